The van der Waals surface area contributed by atoms with Crippen LogP contribution in [0.4, 0.5) is 5.69 Å². The minimum absolute atomic E-state index is 0.0716. The van der Waals surface area contributed by atoms with Gasteiger partial charge in [0.15, 0.2) is 5.43 Å². The summed E-state index contributed by atoms with van der Waals surface area (Å²) >= 11 is 5.98. The van der Waals surface area contributed by atoms with Crippen molar-refractivity contribution in [3.05, 3.63) is 62.5 Å². The molecule has 0 unspecified atom stereocenters. The number of carbonyl (C=O) groups excluding carboxylic acids is 1. The number of pyridine rings is 1. The lowest BCUT2D eigenvalue weighted by molar-refractivity contribution is 0.102. The smallest absolute Gasteiger partial charge is 0.261 e. The number of carbonyl (C=O) groups is 1. The number of H-pyrrole nitrogens is 1. The molecule has 2 N–H and O–H groups in total. The van der Waals surface area contributed by atoms with Gasteiger partial charge in [0, 0.05) is 28.7 Å². The van der Waals surface area contributed by atoms with Gasteiger partial charge >= 0.3 is 0 Å². The van der Waals surface area contributed by atoms with Gasteiger partial charge in [-0.25, -0.2) is 0 Å². The molecule has 1 heterocycles. The molecule has 2 rings (SSSR count). The summed E-state index contributed by atoms with van der Waals surface area (Å²) in [5.41, 5.74) is 1.95. The molecule has 0 aliphatic rings. The molecule has 19 heavy (non-hydrogen) atoms. The molecule has 1 amide bonds. The Hall–Kier alpha value is -2.07. The van der Waals surface area contributed by atoms with Crippen molar-refractivity contribution in [2.45, 2.75) is 13.8 Å². The molecule has 5 heteroatoms. The third-order valence-corrected chi connectivity index (χ3v) is 3.14. The van der Waals surface area contributed by atoms with E-state index in [-0.39, 0.29) is 11.0 Å². The highest BCUT2D eigenvalue weighted by molar-refractivity contribution is 6.31. The summed E-state index contributed by atoms with van der Waals surface area (Å²) < 4.78 is 0. The number of hydrogen-bond donors (Lipinski definition) is 2. The molecule has 0 saturated heterocycles. The van der Waals surface area contributed by atoms with Gasteiger partial charge < -0.3 is 10.3 Å². The van der Waals surface area contributed by atoms with Crippen molar-refractivity contribution in [2.24, 2.45) is 0 Å². The molecular weight excluding hydrogens is 264 g/mol. The second kappa shape index (κ2) is 5.28. The fraction of sp³-hybridized carbons (Fsp3) is 0.143. The molecular formula is C14H13ClN2O2. The van der Waals surface area contributed by atoms with E-state index >= 15 is 0 Å². The van der Waals surface area contributed by atoms with Crippen molar-refractivity contribution >= 4 is 23.2 Å². The second-order valence-corrected chi connectivity index (χ2v) is 4.72. The van der Waals surface area contributed by atoms with E-state index < -0.39 is 5.91 Å². The molecule has 0 aliphatic carbocycles. The normalized spacial score (nSPS) is 10.3. The number of aromatic amines is 1. The number of halogens is 1. The average molecular weight is 277 g/mol. The second-order valence-electron chi connectivity index (χ2n) is 4.31. The van der Waals surface area contributed by atoms with Gasteiger partial charge in [-0.05, 0) is 31.5 Å². The summed E-state index contributed by atoms with van der Waals surface area (Å²) in [5, 5.41) is 3.21. The zero-order valence-electron chi connectivity index (χ0n) is 10.6. The number of benzene rings is 1. The van der Waals surface area contributed by atoms with Crippen LogP contribution >= 0.6 is 11.6 Å². The highest BCUT2D eigenvalue weighted by Gasteiger charge is 2.10. The van der Waals surface area contributed by atoms with Gasteiger partial charge in [-0.2, -0.15) is 0 Å². The van der Waals surface area contributed by atoms with E-state index in [0.29, 0.717) is 16.4 Å². The Bertz CT molecular complexity index is 692. The van der Waals surface area contributed by atoms with E-state index in [0.717, 1.165) is 5.56 Å². The Morgan fingerprint density at radius 1 is 1.26 bits per heavy atom. The standard InChI is InChI=1S/C14H13ClN2O2/c1-8-3-4-10(6-12(8)15)17-14(19)11-7-16-9(2)5-13(11)18/h3-7H,1-2H3,(H,16,18)(H,17,19). The van der Waals surface area contributed by atoms with Gasteiger partial charge in [-0.1, -0.05) is 17.7 Å². The molecule has 0 aliphatic heterocycles. The van der Waals surface area contributed by atoms with Crippen LogP contribution in [0.5, 0.6) is 0 Å². The van der Waals surface area contributed by atoms with E-state index in [9.17, 15) is 9.59 Å². The van der Waals surface area contributed by atoms with Crippen molar-refractivity contribution in [2.75, 3.05) is 5.32 Å². The van der Waals surface area contributed by atoms with Gasteiger partial charge in [-0.15, -0.1) is 0 Å². The summed E-state index contributed by atoms with van der Waals surface area (Å²) in [5.74, 6) is -0.457. The molecule has 2 aromatic rings. The number of nitrogens with one attached hydrogen (secondary N) is 2. The number of hydrogen-bond acceptors (Lipinski definition) is 2. The number of anilines is 1. The molecule has 1 aromatic heterocycles. The van der Waals surface area contributed by atoms with Crippen molar-refractivity contribution in [3.63, 3.8) is 0 Å². The number of aryl methyl sites for hydroxylation is 2. The van der Waals surface area contributed by atoms with E-state index in [1.165, 1.54) is 12.3 Å². The van der Waals surface area contributed by atoms with Crippen LogP contribution in [0.25, 0.3) is 0 Å². The van der Waals surface area contributed by atoms with Gasteiger partial charge in [-0.3, -0.25) is 9.59 Å². The zero-order valence-corrected chi connectivity index (χ0v) is 11.3. The summed E-state index contributed by atoms with van der Waals surface area (Å²) in [6.07, 6.45) is 1.41. The van der Waals surface area contributed by atoms with Crippen molar-refractivity contribution in [1.29, 1.82) is 0 Å². The Kier molecular flexibility index (Phi) is 3.71. The molecule has 1 aromatic carbocycles. The topological polar surface area (TPSA) is 62.0 Å². The first kappa shape index (κ1) is 13.4. The minimum atomic E-state index is -0.457. The van der Waals surface area contributed by atoms with Crippen LogP contribution < -0.4 is 10.7 Å². The van der Waals surface area contributed by atoms with E-state index in [2.05, 4.69) is 10.3 Å². The monoisotopic (exact) mass is 276 g/mol. The highest BCUT2D eigenvalue weighted by atomic mass is 35.5. The fourth-order valence-electron chi connectivity index (χ4n) is 1.62. The van der Waals surface area contributed by atoms with Gasteiger partial charge in [0.2, 0.25) is 0 Å². The number of aromatic nitrogens is 1. The fourth-order valence-corrected chi connectivity index (χ4v) is 1.80. The van der Waals surface area contributed by atoms with Gasteiger partial charge in [0.05, 0.1) is 0 Å². The van der Waals surface area contributed by atoms with Crippen LogP contribution in [0.1, 0.15) is 21.6 Å². The van der Waals surface area contributed by atoms with Crippen molar-refractivity contribution in [3.8, 4) is 0 Å². The SMILES string of the molecule is Cc1cc(=O)c(C(=O)Nc2ccc(C)c(Cl)c2)c[nH]1. The molecule has 0 bridgehead atoms. The number of amides is 1. The summed E-state index contributed by atoms with van der Waals surface area (Å²) in [4.78, 5) is 26.5. The Morgan fingerprint density at radius 3 is 2.63 bits per heavy atom. The average Bonchev–Trinajstić information content (AvgIpc) is 2.33. The van der Waals surface area contributed by atoms with Crippen LogP contribution in [0.15, 0.2) is 35.3 Å². The number of rotatable bonds is 2. The van der Waals surface area contributed by atoms with Crippen LogP contribution in [-0.2, 0) is 0 Å². The Morgan fingerprint density at radius 2 is 2.00 bits per heavy atom. The van der Waals surface area contributed by atoms with Crippen molar-refractivity contribution in [1.82, 2.24) is 4.98 Å². The summed E-state index contributed by atoms with van der Waals surface area (Å²) in [6, 6.07) is 6.58. The Labute approximate surface area is 115 Å². The lowest BCUT2D eigenvalue weighted by Gasteiger charge is -2.06. The quantitative estimate of drug-likeness (QED) is 0.886. The molecule has 4 nitrogen and oxygen atoms in total. The van der Waals surface area contributed by atoms with E-state index in [4.69, 9.17) is 11.6 Å². The third kappa shape index (κ3) is 3.03. The maximum Gasteiger partial charge on any atom is 0.261 e. The Balaban J connectivity index is 2.25. The third-order valence-electron chi connectivity index (χ3n) is 2.73. The molecule has 0 radical (unpaired) electrons. The molecule has 0 spiro atoms. The van der Waals surface area contributed by atoms with Crippen molar-refractivity contribution < 1.29 is 4.79 Å². The van der Waals surface area contributed by atoms with E-state index in [1.54, 1.807) is 25.1 Å². The summed E-state index contributed by atoms with van der Waals surface area (Å²) in [6.45, 7) is 3.63. The van der Waals surface area contributed by atoms with Crippen LogP contribution in [0.2, 0.25) is 5.02 Å². The maximum absolute atomic E-state index is 12.0. The maximum atomic E-state index is 12.0. The van der Waals surface area contributed by atoms with Crippen LogP contribution in [0, 0.1) is 13.8 Å². The lowest BCUT2D eigenvalue weighted by atomic mass is 10.2. The highest BCUT2D eigenvalue weighted by Crippen LogP contribution is 2.20. The van der Waals surface area contributed by atoms with Crippen LogP contribution in [0.3, 0.4) is 0 Å². The first-order valence-electron chi connectivity index (χ1n) is 5.74. The predicted molar refractivity (Wildman–Crippen MR) is 75.9 cm³/mol. The first-order valence-corrected chi connectivity index (χ1v) is 6.12. The predicted octanol–water partition coefficient (Wildman–Crippen LogP) is 2.90. The van der Waals surface area contributed by atoms with E-state index in [1.807, 2.05) is 6.92 Å². The zero-order chi connectivity index (χ0) is 14.0. The lowest BCUT2D eigenvalue weighted by Crippen LogP contribution is -2.21. The van der Waals surface area contributed by atoms with Gasteiger partial charge in [0.1, 0.15) is 5.56 Å². The minimum Gasteiger partial charge on any atom is -0.364 e. The first-order chi connectivity index (χ1) is 8.97. The summed E-state index contributed by atoms with van der Waals surface area (Å²) in [7, 11) is 0. The molecule has 0 atom stereocenters. The molecule has 0 fully saturated rings. The molecule has 98 valence electrons. The molecule has 0 saturated carbocycles. The van der Waals surface area contributed by atoms with Crippen LogP contribution in [-0.4, -0.2) is 10.9 Å². The van der Waals surface area contributed by atoms with Gasteiger partial charge in [0.25, 0.3) is 5.91 Å². The largest absolute Gasteiger partial charge is 0.364 e.